The zero-order valence-electron chi connectivity index (χ0n) is 26.7. The number of unbranched alkanes of at least 4 members (excludes halogenated alkanes) is 7. The molecule has 5 amide bonds. The lowest BCUT2D eigenvalue weighted by Gasteiger charge is -2.27. The van der Waals surface area contributed by atoms with Crippen LogP contribution in [0.3, 0.4) is 0 Å². The van der Waals surface area contributed by atoms with Gasteiger partial charge in [-0.2, -0.15) is 22.0 Å². The van der Waals surface area contributed by atoms with Gasteiger partial charge in [-0.1, -0.05) is 50.2 Å². The fraction of sp³-hybridized carbons (Fsp3) is 0.710. The number of carbonyl (C=O) groups is 3. The lowest BCUT2D eigenvalue weighted by molar-refractivity contribution is -0.284. The van der Waals surface area contributed by atoms with E-state index in [0.29, 0.717) is 42.9 Å². The number of amides is 5. The van der Waals surface area contributed by atoms with Gasteiger partial charge in [0, 0.05) is 25.2 Å². The van der Waals surface area contributed by atoms with Crippen molar-refractivity contribution in [3.8, 4) is 0 Å². The van der Waals surface area contributed by atoms with E-state index in [9.17, 15) is 40.9 Å². The highest BCUT2D eigenvalue weighted by atomic mass is 32.2. The average Bonchev–Trinajstić information content (AvgIpc) is 3.11. The number of benzene rings is 1. The Hall–Kier alpha value is -2.61. The van der Waals surface area contributed by atoms with Crippen LogP contribution in [-0.2, 0) is 16.0 Å². The molecule has 8 nitrogen and oxygen atoms in total. The number of hydrogen-bond donors (Lipinski definition) is 2. The summed E-state index contributed by atoms with van der Waals surface area (Å²) in [6, 6.07) is 4.32. The quantitative estimate of drug-likeness (QED) is 0.0678. The van der Waals surface area contributed by atoms with Gasteiger partial charge in [0.05, 0.1) is 5.69 Å². The van der Waals surface area contributed by atoms with Gasteiger partial charge in [-0.3, -0.25) is 4.79 Å². The molecule has 1 saturated heterocycles. The minimum absolute atomic E-state index is 0.169. The van der Waals surface area contributed by atoms with Crippen LogP contribution in [0.2, 0.25) is 0 Å². The van der Waals surface area contributed by atoms with Gasteiger partial charge in [-0.25, -0.2) is 14.5 Å². The summed E-state index contributed by atoms with van der Waals surface area (Å²) < 4.78 is 74.4. The molecular weight excluding hydrogens is 619 g/mol. The molecule has 1 aromatic carbocycles. The van der Waals surface area contributed by atoms with Crippen LogP contribution in [0.5, 0.6) is 0 Å². The minimum atomic E-state index is -5.58. The first kappa shape index (κ1) is 38.6. The molecule has 1 heterocycles. The van der Waals surface area contributed by atoms with Crippen molar-refractivity contribution >= 4 is 40.5 Å². The molecule has 2 N–H and O–H groups in total. The predicted octanol–water partition coefficient (Wildman–Crippen LogP) is 7.92. The van der Waals surface area contributed by atoms with Crippen LogP contribution in [-0.4, -0.2) is 69.7 Å². The fourth-order valence-electron chi connectivity index (χ4n) is 5.03. The minimum Gasteiger partial charge on any atom is -0.616 e. The number of carbonyl (C=O) groups excluding carboxylic acids is 3. The molecule has 1 aliphatic heterocycles. The van der Waals surface area contributed by atoms with Gasteiger partial charge >= 0.3 is 24.2 Å². The lowest BCUT2D eigenvalue weighted by atomic mass is 10.0. The molecule has 2 rings (SSSR count). The van der Waals surface area contributed by atoms with Gasteiger partial charge < -0.3 is 20.1 Å². The first-order chi connectivity index (χ1) is 21.0. The summed E-state index contributed by atoms with van der Waals surface area (Å²) in [5.74, 6) is -4.96. The molecule has 14 heteroatoms. The van der Waals surface area contributed by atoms with Crippen molar-refractivity contribution in [1.82, 2.24) is 10.2 Å². The SMILES string of the molecule is CCCCNC(=O)Nc1ccc(N2C(=O)N(CCCCCCCCC[S+]([O-])CCCC(F)(F)C(F)(F)F)C(C)(C)C2=O)cc1C. The number of alkyl halides is 5. The summed E-state index contributed by atoms with van der Waals surface area (Å²) in [5.41, 5.74) is 0.727. The monoisotopic (exact) mass is 666 g/mol. The van der Waals surface area contributed by atoms with Crippen molar-refractivity contribution in [1.29, 1.82) is 0 Å². The largest absolute Gasteiger partial charge is 0.616 e. The fourth-order valence-corrected chi connectivity index (χ4v) is 6.22. The zero-order valence-corrected chi connectivity index (χ0v) is 27.5. The van der Waals surface area contributed by atoms with Gasteiger partial charge in [0.25, 0.3) is 5.91 Å². The van der Waals surface area contributed by atoms with Gasteiger partial charge in [-0.05, 0) is 76.6 Å². The molecule has 256 valence electrons. The molecule has 45 heavy (non-hydrogen) atoms. The van der Waals surface area contributed by atoms with Crippen molar-refractivity contribution in [3.63, 3.8) is 0 Å². The molecular formula is C31H47F5N4O4S. The Kier molecular flexibility index (Phi) is 14.9. The Morgan fingerprint density at radius 2 is 1.53 bits per heavy atom. The van der Waals surface area contributed by atoms with Crippen molar-refractivity contribution in [2.24, 2.45) is 0 Å². The molecule has 0 saturated carbocycles. The van der Waals surface area contributed by atoms with Crippen LogP contribution in [0.4, 0.5) is 42.9 Å². The van der Waals surface area contributed by atoms with Crippen LogP contribution in [0, 0.1) is 6.92 Å². The molecule has 1 aliphatic rings. The molecule has 1 aromatic rings. The number of rotatable bonds is 19. The van der Waals surface area contributed by atoms with Gasteiger partial charge in [0.2, 0.25) is 0 Å². The lowest BCUT2D eigenvalue weighted by Crippen LogP contribution is -2.44. The molecule has 0 bridgehead atoms. The van der Waals surface area contributed by atoms with Crippen molar-refractivity contribution in [3.05, 3.63) is 23.8 Å². The summed E-state index contributed by atoms with van der Waals surface area (Å²) in [5, 5.41) is 5.58. The Bertz CT molecular complexity index is 1140. The topological polar surface area (TPSA) is 105 Å². The van der Waals surface area contributed by atoms with Crippen LogP contribution in [0.15, 0.2) is 18.2 Å². The van der Waals surface area contributed by atoms with Crippen LogP contribution in [0.25, 0.3) is 0 Å². The van der Waals surface area contributed by atoms with Crippen molar-refractivity contribution < 1.29 is 40.9 Å². The van der Waals surface area contributed by atoms with E-state index >= 15 is 0 Å². The second-order valence-corrected chi connectivity index (χ2v) is 13.7. The highest BCUT2D eigenvalue weighted by Crippen LogP contribution is 2.39. The van der Waals surface area contributed by atoms with E-state index in [1.807, 2.05) is 6.92 Å². The van der Waals surface area contributed by atoms with Gasteiger partial charge in [0.1, 0.15) is 17.0 Å². The number of imide groups is 1. The Morgan fingerprint density at radius 3 is 2.13 bits per heavy atom. The second kappa shape index (κ2) is 17.3. The smallest absolute Gasteiger partial charge is 0.453 e. The van der Waals surface area contributed by atoms with Gasteiger partial charge in [-0.15, -0.1) is 0 Å². The third-order valence-corrected chi connectivity index (χ3v) is 9.37. The third-order valence-electron chi connectivity index (χ3n) is 7.89. The number of urea groups is 2. The van der Waals surface area contributed by atoms with Crippen molar-refractivity contribution in [2.75, 3.05) is 34.8 Å². The van der Waals surface area contributed by atoms with Crippen LogP contribution < -0.4 is 15.5 Å². The predicted molar refractivity (Wildman–Crippen MR) is 167 cm³/mol. The van der Waals surface area contributed by atoms with Crippen LogP contribution >= 0.6 is 0 Å². The zero-order chi connectivity index (χ0) is 33.8. The maximum Gasteiger partial charge on any atom is 0.453 e. The summed E-state index contributed by atoms with van der Waals surface area (Å²) in [6.07, 6.45) is 0.0842. The van der Waals surface area contributed by atoms with Crippen LogP contribution in [0.1, 0.15) is 97.0 Å². The summed E-state index contributed by atoms with van der Waals surface area (Å²) in [7, 11) is 0. The number of halogens is 5. The summed E-state index contributed by atoms with van der Waals surface area (Å²) in [6.45, 7) is 8.26. The van der Waals surface area contributed by atoms with E-state index in [1.165, 1.54) is 4.90 Å². The van der Waals surface area contributed by atoms with E-state index in [2.05, 4.69) is 10.6 Å². The Balaban J connectivity index is 1.71. The number of nitrogens with zero attached hydrogens (tertiary/aromatic N) is 2. The Morgan fingerprint density at radius 1 is 0.933 bits per heavy atom. The standard InChI is InChI=1S/C31H47F5N4O4S/c1-5-6-18-37-27(42)38-25-16-15-24(22-23(25)2)40-26(41)29(3,4)39(28(40)43)19-12-10-8-7-9-11-13-20-45(44)21-14-17-30(32,33)31(34,35)36/h15-16,22H,5-14,17-21H2,1-4H3,(H2,37,38,42). The Labute approximate surface area is 266 Å². The van der Waals surface area contributed by atoms with E-state index < -0.39 is 47.7 Å². The third kappa shape index (κ3) is 11.3. The summed E-state index contributed by atoms with van der Waals surface area (Å²) in [4.78, 5) is 41.5. The van der Waals surface area contributed by atoms with E-state index in [0.717, 1.165) is 44.9 Å². The molecule has 1 unspecified atom stereocenters. The van der Waals surface area contributed by atoms with E-state index in [-0.39, 0.29) is 23.4 Å². The molecule has 0 aliphatic carbocycles. The van der Waals surface area contributed by atoms with E-state index in [4.69, 9.17) is 0 Å². The molecule has 1 atom stereocenters. The maximum absolute atomic E-state index is 13.3. The molecule has 0 spiro atoms. The summed E-state index contributed by atoms with van der Waals surface area (Å²) >= 11 is -1.42. The highest BCUT2D eigenvalue weighted by Gasteiger charge is 2.56. The number of hydrogen-bond acceptors (Lipinski definition) is 4. The number of aryl methyl sites for hydroxylation is 1. The van der Waals surface area contributed by atoms with E-state index in [1.54, 1.807) is 43.9 Å². The number of nitrogens with one attached hydrogen (secondary N) is 2. The molecule has 0 aromatic heterocycles. The van der Waals surface area contributed by atoms with Gasteiger partial charge in [0.15, 0.2) is 0 Å². The normalized spacial score (nSPS) is 16.0. The second-order valence-electron chi connectivity index (χ2n) is 12.0. The molecule has 0 radical (unpaired) electrons. The number of anilines is 2. The first-order valence-corrected chi connectivity index (χ1v) is 17.1. The first-order valence-electron chi connectivity index (χ1n) is 15.6. The van der Waals surface area contributed by atoms with Crippen molar-refractivity contribution in [2.45, 2.75) is 116 Å². The molecule has 1 fully saturated rings. The highest BCUT2D eigenvalue weighted by molar-refractivity contribution is 7.91. The maximum atomic E-state index is 13.3. The average molecular weight is 667 g/mol.